The highest BCUT2D eigenvalue weighted by Gasteiger charge is 2.36. The fourth-order valence-electron chi connectivity index (χ4n) is 3.96. The van der Waals surface area contributed by atoms with E-state index in [1.54, 1.807) is 17.5 Å². The topological polar surface area (TPSA) is 74.3 Å². The van der Waals surface area contributed by atoms with Crippen molar-refractivity contribution in [3.05, 3.63) is 76.2 Å². The predicted molar refractivity (Wildman–Crippen MR) is 124 cm³/mol. The lowest BCUT2D eigenvalue weighted by molar-refractivity contribution is -0.131. The quantitative estimate of drug-likeness (QED) is 0.576. The smallest absolute Gasteiger partial charge is 0.323 e. The second kappa shape index (κ2) is 9.31. The molecule has 2 heterocycles. The minimum absolute atomic E-state index is 0.0681. The summed E-state index contributed by atoms with van der Waals surface area (Å²) in [6, 6.07) is 14.8. The number of benzene rings is 2. The Morgan fingerprint density at radius 3 is 2.61 bits per heavy atom. The van der Waals surface area contributed by atoms with E-state index in [0.29, 0.717) is 18.0 Å². The van der Waals surface area contributed by atoms with Crippen molar-refractivity contribution in [3.8, 4) is 0 Å². The maximum absolute atomic E-state index is 13.0. The molecule has 2 unspecified atom stereocenters. The first-order chi connectivity index (χ1) is 15.0. The molecule has 1 saturated heterocycles. The van der Waals surface area contributed by atoms with Crippen LogP contribution in [0.4, 0.5) is 16.2 Å². The molecule has 160 valence electrons. The number of likely N-dealkylation sites (tertiary alicyclic amines) is 1. The van der Waals surface area contributed by atoms with Gasteiger partial charge >= 0.3 is 6.03 Å². The Kier molecular flexibility index (Phi) is 6.32. The molecule has 0 bridgehead atoms. The van der Waals surface area contributed by atoms with Crippen LogP contribution in [0, 0.1) is 12.8 Å². The number of nitrogens with one attached hydrogen (secondary N) is 2. The molecule has 0 saturated carbocycles. The molecule has 3 aromatic rings. The lowest BCUT2D eigenvalue weighted by atomic mass is 10.0. The van der Waals surface area contributed by atoms with E-state index in [9.17, 15) is 9.59 Å². The molecule has 0 radical (unpaired) electrons. The van der Waals surface area contributed by atoms with Gasteiger partial charge in [0, 0.05) is 29.5 Å². The second-order valence-corrected chi connectivity index (χ2v) is 8.86. The van der Waals surface area contributed by atoms with Crippen LogP contribution < -0.4 is 10.6 Å². The number of urea groups is 1. The SMILES string of the molecule is Cc1ccccc1NC(=O)Nc1ccc(CC(=O)N2CCC(C)C2c2nccs2)cc1. The molecule has 4 rings (SSSR count). The van der Waals surface area contributed by atoms with Gasteiger partial charge in [0.1, 0.15) is 5.01 Å². The van der Waals surface area contributed by atoms with Gasteiger partial charge in [0.05, 0.1) is 12.5 Å². The molecule has 3 amide bonds. The van der Waals surface area contributed by atoms with E-state index < -0.39 is 0 Å². The van der Waals surface area contributed by atoms with Gasteiger partial charge in [-0.05, 0) is 48.6 Å². The number of aromatic nitrogens is 1. The Morgan fingerprint density at radius 2 is 1.90 bits per heavy atom. The predicted octanol–water partition coefficient (Wildman–Crippen LogP) is 5.25. The molecule has 7 heteroatoms. The summed E-state index contributed by atoms with van der Waals surface area (Å²) in [5, 5.41) is 8.66. The van der Waals surface area contributed by atoms with Crippen LogP contribution in [0.5, 0.6) is 0 Å². The van der Waals surface area contributed by atoms with Gasteiger partial charge in [0.25, 0.3) is 0 Å². The zero-order valence-corrected chi connectivity index (χ0v) is 18.5. The van der Waals surface area contributed by atoms with Crippen molar-refractivity contribution in [1.29, 1.82) is 0 Å². The number of nitrogens with zero attached hydrogens (tertiary/aromatic N) is 2. The Labute approximate surface area is 186 Å². The van der Waals surface area contributed by atoms with Crippen molar-refractivity contribution >= 4 is 34.6 Å². The molecular weight excluding hydrogens is 408 g/mol. The van der Waals surface area contributed by atoms with Crippen LogP contribution in [0.2, 0.25) is 0 Å². The molecule has 0 aliphatic carbocycles. The van der Waals surface area contributed by atoms with Gasteiger partial charge < -0.3 is 15.5 Å². The number of para-hydroxylation sites is 1. The van der Waals surface area contributed by atoms with E-state index in [1.807, 2.05) is 65.7 Å². The first-order valence-corrected chi connectivity index (χ1v) is 11.3. The third kappa shape index (κ3) is 4.94. The molecule has 6 nitrogen and oxygen atoms in total. The van der Waals surface area contributed by atoms with Crippen LogP contribution in [0.1, 0.15) is 35.5 Å². The molecule has 1 aliphatic heterocycles. The van der Waals surface area contributed by atoms with Crippen molar-refractivity contribution in [2.75, 3.05) is 17.2 Å². The van der Waals surface area contributed by atoms with Crippen LogP contribution in [0.25, 0.3) is 0 Å². The van der Waals surface area contributed by atoms with E-state index in [-0.39, 0.29) is 18.0 Å². The van der Waals surface area contributed by atoms with Crippen molar-refractivity contribution in [2.24, 2.45) is 5.92 Å². The Bertz CT molecular complexity index is 1050. The van der Waals surface area contributed by atoms with Gasteiger partial charge in [-0.15, -0.1) is 11.3 Å². The number of amides is 3. The number of hydrogen-bond donors (Lipinski definition) is 2. The highest BCUT2D eigenvalue weighted by molar-refractivity contribution is 7.09. The zero-order chi connectivity index (χ0) is 21.8. The molecule has 1 fully saturated rings. The minimum atomic E-state index is -0.296. The monoisotopic (exact) mass is 434 g/mol. The summed E-state index contributed by atoms with van der Waals surface area (Å²) in [4.78, 5) is 31.7. The summed E-state index contributed by atoms with van der Waals surface area (Å²) in [5.41, 5.74) is 3.38. The van der Waals surface area contributed by atoms with E-state index in [4.69, 9.17) is 0 Å². The van der Waals surface area contributed by atoms with Crippen LogP contribution in [0.3, 0.4) is 0 Å². The second-order valence-electron chi connectivity index (χ2n) is 7.94. The Hall–Kier alpha value is -3.19. The highest BCUT2D eigenvalue weighted by atomic mass is 32.1. The third-order valence-corrected chi connectivity index (χ3v) is 6.53. The lowest BCUT2D eigenvalue weighted by Crippen LogP contribution is -2.33. The summed E-state index contributed by atoms with van der Waals surface area (Å²) >= 11 is 1.61. The van der Waals surface area contributed by atoms with E-state index in [0.717, 1.165) is 34.8 Å². The number of thiazole rings is 1. The van der Waals surface area contributed by atoms with Crippen molar-refractivity contribution in [2.45, 2.75) is 32.7 Å². The normalized spacial score (nSPS) is 18.1. The maximum atomic E-state index is 13.0. The molecule has 1 aliphatic rings. The van der Waals surface area contributed by atoms with Crippen LogP contribution in [-0.2, 0) is 11.2 Å². The first kappa shape index (κ1) is 21.1. The number of carbonyl (C=O) groups excluding carboxylic acids is 2. The lowest BCUT2D eigenvalue weighted by Gasteiger charge is -2.25. The fourth-order valence-corrected chi connectivity index (χ4v) is 4.85. The third-order valence-electron chi connectivity index (χ3n) is 5.69. The fraction of sp³-hybridized carbons (Fsp3) is 0.292. The van der Waals surface area contributed by atoms with Crippen molar-refractivity contribution < 1.29 is 9.59 Å². The van der Waals surface area contributed by atoms with E-state index in [2.05, 4.69) is 22.5 Å². The average molecular weight is 435 g/mol. The largest absolute Gasteiger partial charge is 0.333 e. The molecule has 2 aromatic carbocycles. The number of aryl methyl sites for hydroxylation is 1. The van der Waals surface area contributed by atoms with E-state index >= 15 is 0 Å². The number of hydrogen-bond acceptors (Lipinski definition) is 4. The summed E-state index contributed by atoms with van der Waals surface area (Å²) < 4.78 is 0. The number of anilines is 2. The molecule has 2 N–H and O–H groups in total. The van der Waals surface area contributed by atoms with E-state index in [1.165, 1.54) is 0 Å². The van der Waals surface area contributed by atoms with Gasteiger partial charge in [0.15, 0.2) is 0 Å². The molecule has 31 heavy (non-hydrogen) atoms. The van der Waals surface area contributed by atoms with Crippen LogP contribution in [-0.4, -0.2) is 28.4 Å². The van der Waals surface area contributed by atoms with Gasteiger partial charge in [-0.3, -0.25) is 4.79 Å². The summed E-state index contributed by atoms with van der Waals surface area (Å²) in [6.07, 6.45) is 3.13. The molecule has 1 aromatic heterocycles. The molecule has 2 atom stereocenters. The summed E-state index contributed by atoms with van der Waals surface area (Å²) in [5.74, 6) is 0.524. The first-order valence-electron chi connectivity index (χ1n) is 10.4. The van der Waals surface area contributed by atoms with Gasteiger partial charge in [-0.25, -0.2) is 9.78 Å². The molecule has 0 spiro atoms. The van der Waals surface area contributed by atoms with Crippen molar-refractivity contribution in [1.82, 2.24) is 9.88 Å². The number of carbonyl (C=O) groups is 2. The standard InChI is InChI=1S/C24H26N4O2S/c1-16-5-3-4-6-20(16)27-24(30)26-19-9-7-18(8-10-19)15-21(29)28-13-11-17(2)22(28)23-25-12-14-31-23/h3-10,12,14,17,22H,11,13,15H2,1-2H3,(H2,26,27,30). The zero-order valence-electron chi connectivity index (χ0n) is 17.7. The van der Waals surface area contributed by atoms with Crippen LogP contribution in [0.15, 0.2) is 60.1 Å². The highest BCUT2D eigenvalue weighted by Crippen LogP contribution is 2.38. The maximum Gasteiger partial charge on any atom is 0.323 e. The summed E-state index contributed by atoms with van der Waals surface area (Å²) in [6.45, 7) is 4.90. The molecular formula is C24H26N4O2S. The van der Waals surface area contributed by atoms with Gasteiger partial charge in [0.2, 0.25) is 5.91 Å². The average Bonchev–Trinajstić information content (AvgIpc) is 3.40. The summed E-state index contributed by atoms with van der Waals surface area (Å²) in [7, 11) is 0. The minimum Gasteiger partial charge on any atom is -0.333 e. The van der Waals surface area contributed by atoms with Gasteiger partial charge in [-0.2, -0.15) is 0 Å². The Balaban J connectivity index is 1.35. The van der Waals surface area contributed by atoms with Crippen molar-refractivity contribution in [3.63, 3.8) is 0 Å². The van der Waals surface area contributed by atoms with Gasteiger partial charge in [-0.1, -0.05) is 37.3 Å². The number of rotatable bonds is 5. The van der Waals surface area contributed by atoms with Crippen LogP contribution >= 0.6 is 11.3 Å². The Morgan fingerprint density at radius 1 is 1.13 bits per heavy atom.